The highest BCUT2D eigenvalue weighted by Crippen LogP contribution is 2.30. The van der Waals surface area contributed by atoms with Gasteiger partial charge in [-0.1, -0.05) is 30.3 Å². The molecule has 0 unspecified atom stereocenters. The zero-order valence-electron chi connectivity index (χ0n) is 15.0. The summed E-state index contributed by atoms with van der Waals surface area (Å²) in [4.78, 5) is 25.5. The highest BCUT2D eigenvalue weighted by atomic mass is 16.5. The van der Waals surface area contributed by atoms with Gasteiger partial charge in [0.1, 0.15) is 5.75 Å². The Balaban J connectivity index is 2.02. The van der Waals surface area contributed by atoms with Crippen LogP contribution in [0.15, 0.2) is 76.8 Å². The van der Waals surface area contributed by atoms with Crippen LogP contribution in [-0.2, 0) is 0 Å². The van der Waals surface area contributed by atoms with Crippen molar-refractivity contribution >= 4 is 22.9 Å². The number of para-hydroxylation sites is 2. The van der Waals surface area contributed by atoms with Gasteiger partial charge in [-0.15, -0.1) is 0 Å². The fourth-order valence-corrected chi connectivity index (χ4v) is 3.01. The van der Waals surface area contributed by atoms with Gasteiger partial charge in [-0.2, -0.15) is 0 Å². The fraction of sp³-hybridized carbons (Fsp3) is 0.0476. The molecule has 4 aromatic rings. The van der Waals surface area contributed by atoms with Crippen LogP contribution in [0.5, 0.6) is 11.6 Å². The monoisotopic (exact) mass is 372 g/mol. The van der Waals surface area contributed by atoms with E-state index in [0.29, 0.717) is 27.8 Å². The second kappa shape index (κ2) is 7.32. The first-order chi connectivity index (χ1) is 13.7. The molecule has 0 fully saturated rings. The molecule has 2 aromatic carbocycles. The summed E-state index contributed by atoms with van der Waals surface area (Å²) in [5, 5.41) is 12.0. The molecule has 0 bridgehead atoms. The van der Waals surface area contributed by atoms with Crippen LogP contribution in [0.3, 0.4) is 0 Å². The van der Waals surface area contributed by atoms with Crippen molar-refractivity contribution in [2.45, 2.75) is 0 Å². The number of aromatic hydroxyl groups is 1. The van der Waals surface area contributed by atoms with E-state index in [9.17, 15) is 9.90 Å². The van der Waals surface area contributed by atoms with Gasteiger partial charge in [0.05, 0.1) is 18.4 Å². The molecule has 0 saturated heterocycles. The Hall–Kier alpha value is -4.00. The van der Waals surface area contributed by atoms with Crippen molar-refractivity contribution in [1.82, 2.24) is 14.5 Å². The number of pyridine rings is 1. The topological polar surface area (TPSA) is 89.6 Å². The van der Waals surface area contributed by atoms with E-state index in [1.54, 1.807) is 67.0 Å². The highest BCUT2D eigenvalue weighted by Gasteiger charge is 2.18. The summed E-state index contributed by atoms with van der Waals surface area (Å²) < 4.78 is 6.58. The predicted octanol–water partition coefficient (Wildman–Crippen LogP) is 3.25. The van der Waals surface area contributed by atoms with Crippen molar-refractivity contribution in [3.63, 3.8) is 0 Å². The first-order valence-corrected chi connectivity index (χ1v) is 8.52. The lowest BCUT2D eigenvalue weighted by molar-refractivity contribution is 0.404. The van der Waals surface area contributed by atoms with Gasteiger partial charge in [0.2, 0.25) is 11.8 Å². The minimum absolute atomic E-state index is 0.243. The number of ether oxygens (including phenoxy) is 1. The lowest BCUT2D eigenvalue weighted by Crippen LogP contribution is -2.20. The Kier molecular flexibility index (Phi) is 4.55. The van der Waals surface area contributed by atoms with Gasteiger partial charge in [-0.3, -0.25) is 4.79 Å². The van der Waals surface area contributed by atoms with Crippen LogP contribution < -0.4 is 10.3 Å². The molecule has 138 valence electrons. The quantitative estimate of drug-likeness (QED) is 0.556. The van der Waals surface area contributed by atoms with Crippen LogP contribution in [0.4, 0.5) is 5.95 Å². The maximum absolute atomic E-state index is 13.1. The molecule has 0 amide bonds. The number of aromatic nitrogens is 3. The molecule has 0 saturated carbocycles. The summed E-state index contributed by atoms with van der Waals surface area (Å²) in [7, 11) is 1.51. The van der Waals surface area contributed by atoms with Crippen molar-refractivity contribution in [3.05, 3.63) is 82.9 Å². The van der Waals surface area contributed by atoms with Crippen molar-refractivity contribution < 1.29 is 9.84 Å². The lowest BCUT2D eigenvalue weighted by Gasteiger charge is -2.15. The second-order valence-corrected chi connectivity index (χ2v) is 5.90. The van der Waals surface area contributed by atoms with Crippen LogP contribution in [0.2, 0.25) is 0 Å². The summed E-state index contributed by atoms with van der Waals surface area (Å²) in [6.07, 6.45) is 4.61. The van der Waals surface area contributed by atoms with Gasteiger partial charge in [-0.05, 0) is 24.3 Å². The van der Waals surface area contributed by atoms with Crippen molar-refractivity contribution in [3.8, 4) is 17.3 Å². The molecule has 0 radical (unpaired) electrons. The molecule has 0 aliphatic heterocycles. The SMILES string of the molecule is COc1ccccc1-n1c(O)c(/C=N/c2ncccn2)c2ccccc2c1=O. The number of hydrogen-bond donors (Lipinski definition) is 1. The first kappa shape index (κ1) is 17.4. The molecule has 7 nitrogen and oxygen atoms in total. The second-order valence-electron chi connectivity index (χ2n) is 5.90. The minimum atomic E-state index is -0.356. The van der Waals surface area contributed by atoms with Crippen molar-refractivity contribution in [2.24, 2.45) is 4.99 Å². The van der Waals surface area contributed by atoms with Crippen LogP contribution in [0.25, 0.3) is 16.5 Å². The maximum atomic E-state index is 13.1. The molecule has 2 aromatic heterocycles. The van der Waals surface area contributed by atoms with E-state index in [1.165, 1.54) is 17.9 Å². The van der Waals surface area contributed by atoms with E-state index in [-0.39, 0.29) is 17.4 Å². The summed E-state index contributed by atoms with van der Waals surface area (Å²) >= 11 is 0. The minimum Gasteiger partial charge on any atom is -0.495 e. The predicted molar refractivity (Wildman–Crippen MR) is 107 cm³/mol. The number of rotatable bonds is 4. The molecule has 28 heavy (non-hydrogen) atoms. The molecule has 0 aliphatic carbocycles. The standard InChI is InChI=1S/C21H16N4O3/c1-28-18-10-5-4-9-17(18)25-19(26)15-8-3-2-7-14(15)16(20(25)27)13-24-21-22-11-6-12-23-21/h2-13,27H,1H3/b24-13+. The van der Waals surface area contributed by atoms with Gasteiger partial charge < -0.3 is 9.84 Å². The third kappa shape index (κ3) is 2.99. The smallest absolute Gasteiger partial charge is 0.265 e. The van der Waals surface area contributed by atoms with Crippen LogP contribution in [0, 0.1) is 0 Å². The van der Waals surface area contributed by atoms with E-state index >= 15 is 0 Å². The van der Waals surface area contributed by atoms with Crippen LogP contribution >= 0.6 is 0 Å². The molecule has 1 N–H and O–H groups in total. The van der Waals surface area contributed by atoms with E-state index in [0.717, 1.165) is 0 Å². The summed E-state index contributed by atoms with van der Waals surface area (Å²) in [6.45, 7) is 0. The third-order valence-corrected chi connectivity index (χ3v) is 4.29. The Bertz CT molecular complexity index is 1230. The summed E-state index contributed by atoms with van der Waals surface area (Å²) in [6, 6.07) is 15.7. The lowest BCUT2D eigenvalue weighted by atomic mass is 10.1. The Morgan fingerprint density at radius 1 is 1.00 bits per heavy atom. The van der Waals surface area contributed by atoms with Gasteiger partial charge in [-0.25, -0.2) is 19.5 Å². The molecular formula is C21H16N4O3. The van der Waals surface area contributed by atoms with Crippen LogP contribution in [-0.4, -0.2) is 33.0 Å². The van der Waals surface area contributed by atoms with Crippen LogP contribution in [0.1, 0.15) is 5.56 Å². The first-order valence-electron chi connectivity index (χ1n) is 8.52. The van der Waals surface area contributed by atoms with E-state index in [2.05, 4.69) is 15.0 Å². The van der Waals surface area contributed by atoms with Crippen molar-refractivity contribution in [2.75, 3.05) is 7.11 Å². The Morgan fingerprint density at radius 3 is 2.43 bits per heavy atom. The summed E-state index contributed by atoms with van der Waals surface area (Å²) in [5.41, 5.74) is 0.461. The Labute approximate surface area is 160 Å². The molecule has 0 spiro atoms. The zero-order chi connectivity index (χ0) is 19.5. The number of benzene rings is 2. The van der Waals surface area contributed by atoms with E-state index < -0.39 is 0 Å². The zero-order valence-corrected chi connectivity index (χ0v) is 15.0. The normalized spacial score (nSPS) is 11.2. The van der Waals surface area contributed by atoms with Gasteiger partial charge in [0, 0.05) is 29.4 Å². The molecule has 7 heteroatoms. The molecule has 0 atom stereocenters. The molecule has 4 rings (SSSR count). The number of nitrogens with zero attached hydrogens (tertiary/aromatic N) is 4. The summed E-state index contributed by atoms with van der Waals surface area (Å²) in [5.74, 6) is 0.471. The number of aliphatic imine (C=N–C) groups is 1. The third-order valence-electron chi connectivity index (χ3n) is 4.29. The van der Waals surface area contributed by atoms with E-state index in [1.807, 2.05) is 0 Å². The molecule has 0 aliphatic rings. The average molecular weight is 372 g/mol. The fourth-order valence-electron chi connectivity index (χ4n) is 3.01. The molecule has 2 heterocycles. The van der Waals surface area contributed by atoms with E-state index in [4.69, 9.17) is 4.74 Å². The van der Waals surface area contributed by atoms with Crippen molar-refractivity contribution in [1.29, 1.82) is 0 Å². The van der Waals surface area contributed by atoms with Gasteiger partial charge in [0.25, 0.3) is 5.56 Å². The number of fused-ring (bicyclic) bond motifs is 1. The number of methoxy groups -OCH3 is 1. The number of hydrogen-bond acceptors (Lipinski definition) is 6. The molecular weight excluding hydrogens is 356 g/mol. The highest BCUT2D eigenvalue weighted by molar-refractivity contribution is 6.02. The maximum Gasteiger partial charge on any atom is 0.265 e. The van der Waals surface area contributed by atoms with Gasteiger partial charge >= 0.3 is 0 Å². The Morgan fingerprint density at radius 2 is 1.68 bits per heavy atom. The largest absolute Gasteiger partial charge is 0.495 e. The van der Waals surface area contributed by atoms with Gasteiger partial charge in [0.15, 0.2) is 0 Å². The average Bonchev–Trinajstić information content (AvgIpc) is 2.75.